The number of carbonyl (C=O) groups is 2. The number of hydrogen-bond donors (Lipinski definition) is 4. The number of methoxy groups -OCH3 is 1. The van der Waals surface area contributed by atoms with Crippen LogP contribution in [-0.4, -0.2) is 51.1 Å². The van der Waals surface area contributed by atoms with Gasteiger partial charge in [0.15, 0.2) is 23.1 Å². The number of rotatable bonds is 7. The highest BCUT2D eigenvalue weighted by Gasteiger charge is 2.19. The Morgan fingerprint density at radius 1 is 1.03 bits per heavy atom. The van der Waals surface area contributed by atoms with Crippen molar-refractivity contribution < 1.29 is 18.7 Å². The van der Waals surface area contributed by atoms with E-state index in [4.69, 9.17) is 4.74 Å². The molecule has 0 aliphatic heterocycles. The maximum absolute atomic E-state index is 13.1. The Bertz CT molecular complexity index is 1410. The molecule has 3 amide bonds. The Balaban J connectivity index is 1.64. The minimum atomic E-state index is -0.629. The number of aromatic nitrogens is 5. The van der Waals surface area contributed by atoms with Gasteiger partial charge in [-0.15, -0.1) is 10.2 Å². The van der Waals surface area contributed by atoms with E-state index >= 15 is 0 Å². The van der Waals surface area contributed by atoms with E-state index < -0.39 is 17.8 Å². The van der Waals surface area contributed by atoms with E-state index in [1.807, 2.05) is 0 Å². The van der Waals surface area contributed by atoms with Gasteiger partial charge in [-0.1, -0.05) is 6.07 Å². The van der Waals surface area contributed by atoms with Gasteiger partial charge >= 0.3 is 6.03 Å². The summed E-state index contributed by atoms with van der Waals surface area (Å²) in [7, 11) is 4.72. The van der Waals surface area contributed by atoms with Gasteiger partial charge in [0.2, 0.25) is 0 Å². The molecule has 0 saturated carbocycles. The second kappa shape index (κ2) is 10.5. The second-order valence-corrected chi connectivity index (χ2v) is 7.41. The summed E-state index contributed by atoms with van der Waals surface area (Å²) >= 11 is 0. The molecule has 184 valence electrons. The Kier molecular flexibility index (Phi) is 6.99. The van der Waals surface area contributed by atoms with E-state index in [1.54, 1.807) is 36.3 Å². The van der Waals surface area contributed by atoms with Gasteiger partial charge in [-0.2, -0.15) is 5.10 Å². The molecule has 2 aromatic heterocycles. The van der Waals surface area contributed by atoms with Crippen molar-refractivity contribution in [3.63, 3.8) is 0 Å². The number of ether oxygens (including phenoxy) is 1. The molecule has 36 heavy (non-hydrogen) atoms. The number of anilines is 4. The van der Waals surface area contributed by atoms with E-state index in [2.05, 4.69) is 41.5 Å². The lowest BCUT2D eigenvalue weighted by Crippen LogP contribution is -2.23. The number of urea groups is 1. The van der Waals surface area contributed by atoms with Gasteiger partial charge in [0.25, 0.3) is 5.91 Å². The minimum Gasteiger partial charge on any atom is -0.494 e. The van der Waals surface area contributed by atoms with Crippen molar-refractivity contribution in [2.45, 2.75) is 0 Å². The zero-order chi connectivity index (χ0) is 25.7. The number of halogens is 1. The Morgan fingerprint density at radius 3 is 2.47 bits per heavy atom. The van der Waals surface area contributed by atoms with Crippen LogP contribution in [0.2, 0.25) is 0 Å². The smallest absolute Gasteiger partial charge is 0.324 e. The summed E-state index contributed by atoms with van der Waals surface area (Å²) in [5.41, 5.74) is 1.76. The monoisotopic (exact) mass is 491 g/mol. The molecule has 0 spiro atoms. The van der Waals surface area contributed by atoms with Crippen LogP contribution in [-0.2, 0) is 7.05 Å². The van der Waals surface area contributed by atoms with Crippen LogP contribution in [0.5, 0.6) is 5.75 Å². The molecular formula is C23H22FN9O3. The molecule has 4 aromatic rings. The third-order valence-corrected chi connectivity index (χ3v) is 4.91. The molecular weight excluding hydrogens is 469 g/mol. The number of hydrogen-bond acceptors (Lipinski definition) is 8. The van der Waals surface area contributed by atoms with Crippen LogP contribution in [0.1, 0.15) is 10.5 Å². The highest BCUT2D eigenvalue weighted by atomic mass is 19.1. The van der Waals surface area contributed by atoms with Crippen molar-refractivity contribution >= 4 is 34.8 Å². The van der Waals surface area contributed by atoms with Crippen molar-refractivity contribution in [2.24, 2.45) is 7.05 Å². The van der Waals surface area contributed by atoms with Crippen LogP contribution < -0.4 is 26.0 Å². The summed E-state index contributed by atoms with van der Waals surface area (Å²) in [5, 5.41) is 22.9. The lowest BCUT2D eigenvalue weighted by atomic mass is 10.1. The number of para-hydroxylation sites is 1. The van der Waals surface area contributed by atoms with Crippen LogP contribution in [0, 0.1) is 5.82 Å². The number of aryl methyl sites for hydroxylation is 1. The van der Waals surface area contributed by atoms with Crippen LogP contribution in [0.15, 0.2) is 54.9 Å². The van der Waals surface area contributed by atoms with Crippen molar-refractivity contribution in [3.05, 3.63) is 66.4 Å². The molecule has 12 nitrogen and oxygen atoms in total. The number of nitrogens with zero attached hydrogens (tertiary/aromatic N) is 5. The average Bonchev–Trinajstić information content (AvgIpc) is 3.31. The Hall–Kier alpha value is -5.07. The normalized spacial score (nSPS) is 10.4. The molecule has 2 aromatic carbocycles. The molecule has 13 heteroatoms. The molecule has 4 N–H and O–H groups in total. The minimum absolute atomic E-state index is 0.00888. The number of nitrogens with one attached hydrogen (secondary N) is 4. The van der Waals surface area contributed by atoms with Gasteiger partial charge in [-0.25, -0.2) is 14.2 Å². The highest BCUT2D eigenvalue weighted by Crippen LogP contribution is 2.37. The van der Waals surface area contributed by atoms with Crippen LogP contribution in [0.3, 0.4) is 0 Å². The largest absolute Gasteiger partial charge is 0.494 e. The predicted octanol–water partition coefficient (Wildman–Crippen LogP) is 3.17. The summed E-state index contributed by atoms with van der Waals surface area (Å²) in [6.45, 7) is 0. The molecule has 4 rings (SSSR count). The topological polar surface area (TPSA) is 148 Å². The summed E-state index contributed by atoms with van der Waals surface area (Å²) in [6, 6.07) is 11.4. The maximum Gasteiger partial charge on any atom is 0.324 e. The van der Waals surface area contributed by atoms with Crippen molar-refractivity contribution in [1.29, 1.82) is 0 Å². The third-order valence-electron chi connectivity index (χ3n) is 4.91. The zero-order valence-corrected chi connectivity index (χ0v) is 19.5. The zero-order valence-electron chi connectivity index (χ0n) is 19.5. The Morgan fingerprint density at radius 2 is 1.81 bits per heavy atom. The number of amides is 3. The maximum atomic E-state index is 13.1. The highest BCUT2D eigenvalue weighted by molar-refractivity contribution is 6.01. The quantitative estimate of drug-likeness (QED) is 0.308. The third kappa shape index (κ3) is 5.35. The van der Waals surface area contributed by atoms with Gasteiger partial charge in [0.05, 0.1) is 24.0 Å². The lowest BCUT2D eigenvalue weighted by molar-refractivity contribution is 0.0958. The van der Waals surface area contributed by atoms with Gasteiger partial charge in [0, 0.05) is 25.8 Å². The standard InChI is InChI=1S/C23H22FN9O3/c1-25-22(34)19-17(11-18(30-31-19)29-23(35)27-14-9-7-13(24)8-10-14)28-16-6-4-5-15(20(16)36-3)21-26-12-33(2)32-21/h4-12H,1-3H3,(H,25,34)(H3,27,28,29,30,35). The van der Waals surface area contributed by atoms with E-state index in [1.165, 1.54) is 44.5 Å². The molecule has 0 atom stereocenters. The first-order valence-electron chi connectivity index (χ1n) is 10.6. The van der Waals surface area contributed by atoms with Gasteiger partial charge in [0.1, 0.15) is 12.1 Å². The van der Waals surface area contributed by atoms with Crippen LogP contribution in [0.4, 0.5) is 32.1 Å². The van der Waals surface area contributed by atoms with Gasteiger partial charge in [-0.3, -0.25) is 14.8 Å². The first-order chi connectivity index (χ1) is 17.4. The average molecular weight is 491 g/mol. The summed E-state index contributed by atoms with van der Waals surface area (Å²) in [6.07, 6.45) is 1.57. The van der Waals surface area contributed by atoms with Crippen molar-refractivity contribution in [1.82, 2.24) is 30.3 Å². The molecule has 0 saturated heterocycles. The van der Waals surface area contributed by atoms with Gasteiger partial charge in [-0.05, 0) is 36.4 Å². The van der Waals surface area contributed by atoms with Crippen molar-refractivity contribution in [3.8, 4) is 17.1 Å². The first kappa shape index (κ1) is 24.1. The predicted molar refractivity (Wildman–Crippen MR) is 131 cm³/mol. The number of benzene rings is 2. The molecule has 0 aliphatic rings. The molecule has 0 fully saturated rings. The fourth-order valence-electron chi connectivity index (χ4n) is 3.29. The Labute approximate surface area is 204 Å². The lowest BCUT2D eigenvalue weighted by Gasteiger charge is -2.16. The molecule has 0 radical (unpaired) electrons. The second-order valence-electron chi connectivity index (χ2n) is 7.41. The van der Waals surface area contributed by atoms with Crippen molar-refractivity contribution in [2.75, 3.05) is 30.1 Å². The molecule has 2 heterocycles. The van der Waals surface area contributed by atoms with E-state index in [9.17, 15) is 14.0 Å². The number of carbonyl (C=O) groups excluding carboxylic acids is 2. The van der Waals surface area contributed by atoms with Crippen LogP contribution in [0.25, 0.3) is 11.4 Å². The fourth-order valence-corrected chi connectivity index (χ4v) is 3.29. The summed E-state index contributed by atoms with van der Waals surface area (Å²) < 4.78 is 20.3. The molecule has 0 aliphatic carbocycles. The first-order valence-corrected chi connectivity index (χ1v) is 10.6. The van der Waals surface area contributed by atoms with Gasteiger partial charge < -0.3 is 20.7 Å². The van der Waals surface area contributed by atoms with E-state index in [-0.39, 0.29) is 17.2 Å². The summed E-state index contributed by atoms with van der Waals surface area (Å²) in [4.78, 5) is 29.1. The summed E-state index contributed by atoms with van der Waals surface area (Å²) in [5.74, 6) is 0.0369. The molecule has 0 bridgehead atoms. The molecule has 0 unspecified atom stereocenters. The SMILES string of the molecule is CNC(=O)c1nnc(NC(=O)Nc2ccc(F)cc2)cc1Nc1cccc(-c2ncn(C)n2)c1OC. The fraction of sp³-hybridized carbons (Fsp3) is 0.130. The van der Waals surface area contributed by atoms with E-state index in [0.29, 0.717) is 28.5 Å². The van der Waals surface area contributed by atoms with E-state index in [0.717, 1.165) is 0 Å². The van der Waals surface area contributed by atoms with Crippen LogP contribution >= 0.6 is 0 Å².